The van der Waals surface area contributed by atoms with Crippen LogP contribution in [0.25, 0.3) is 11.3 Å². The molecule has 0 aliphatic carbocycles. The summed E-state index contributed by atoms with van der Waals surface area (Å²) >= 11 is 0. The molecule has 0 bridgehead atoms. The van der Waals surface area contributed by atoms with Gasteiger partial charge in [-0.1, -0.05) is 6.07 Å². The monoisotopic (exact) mass is 308 g/mol. The number of nitrogens with zero attached hydrogens (tertiary/aromatic N) is 3. The van der Waals surface area contributed by atoms with Gasteiger partial charge in [0.1, 0.15) is 5.82 Å². The molecular formula is C16H13FN6. The number of pyridine rings is 3. The standard InChI is InChI=1S/C16H13FN6/c17-14-5-4-9(7-22-14)13-6-10(11(18)8-21-13)16(20)12-2-1-3-15(19)23-12/h1-8,20H,18H2,(H2,19,23). The van der Waals surface area contributed by atoms with Crippen LogP contribution in [0.15, 0.2) is 48.8 Å². The Bertz CT molecular complexity index is 876. The van der Waals surface area contributed by atoms with Gasteiger partial charge in [0.15, 0.2) is 0 Å². The zero-order chi connectivity index (χ0) is 16.4. The molecule has 3 rings (SSSR count). The van der Waals surface area contributed by atoms with Gasteiger partial charge < -0.3 is 11.5 Å². The van der Waals surface area contributed by atoms with Crippen molar-refractivity contribution >= 4 is 17.2 Å². The molecule has 0 radical (unpaired) electrons. The number of anilines is 2. The summed E-state index contributed by atoms with van der Waals surface area (Å²) in [5.74, 6) is -0.246. The zero-order valence-corrected chi connectivity index (χ0v) is 12.0. The van der Waals surface area contributed by atoms with Gasteiger partial charge in [0.05, 0.1) is 29.0 Å². The molecule has 7 heteroatoms. The smallest absolute Gasteiger partial charge is 0.212 e. The number of hydrogen-bond acceptors (Lipinski definition) is 6. The number of halogens is 1. The predicted molar refractivity (Wildman–Crippen MR) is 86.4 cm³/mol. The molecule has 0 spiro atoms. The van der Waals surface area contributed by atoms with Crippen molar-refractivity contribution in [1.29, 1.82) is 5.41 Å². The normalized spacial score (nSPS) is 10.5. The van der Waals surface area contributed by atoms with Crippen LogP contribution in [0, 0.1) is 11.4 Å². The van der Waals surface area contributed by atoms with E-state index in [0.717, 1.165) is 0 Å². The van der Waals surface area contributed by atoms with E-state index in [1.807, 2.05) is 0 Å². The van der Waals surface area contributed by atoms with Crippen molar-refractivity contribution < 1.29 is 4.39 Å². The van der Waals surface area contributed by atoms with E-state index in [-0.39, 0.29) is 5.71 Å². The van der Waals surface area contributed by atoms with Crippen LogP contribution in [-0.2, 0) is 0 Å². The van der Waals surface area contributed by atoms with E-state index in [0.29, 0.717) is 34.0 Å². The van der Waals surface area contributed by atoms with Crippen LogP contribution in [0.3, 0.4) is 0 Å². The molecule has 114 valence electrons. The number of nitrogens with two attached hydrogens (primary N) is 2. The molecule has 3 aromatic rings. The Balaban J connectivity index is 2.04. The van der Waals surface area contributed by atoms with Crippen LogP contribution in [0.5, 0.6) is 0 Å². The Kier molecular flexibility index (Phi) is 3.68. The maximum absolute atomic E-state index is 12.9. The maximum atomic E-state index is 12.9. The fourth-order valence-corrected chi connectivity index (χ4v) is 2.10. The summed E-state index contributed by atoms with van der Waals surface area (Å²) in [6.07, 6.45) is 2.83. The van der Waals surface area contributed by atoms with E-state index < -0.39 is 5.95 Å². The van der Waals surface area contributed by atoms with Gasteiger partial charge in [-0.3, -0.25) is 10.4 Å². The Labute approximate surface area is 131 Å². The third-order valence-corrected chi connectivity index (χ3v) is 3.25. The number of aromatic nitrogens is 3. The molecule has 0 aromatic carbocycles. The first kappa shape index (κ1) is 14.6. The van der Waals surface area contributed by atoms with Crippen LogP contribution in [0.4, 0.5) is 15.9 Å². The highest BCUT2D eigenvalue weighted by atomic mass is 19.1. The quantitative estimate of drug-likeness (QED) is 0.507. The molecule has 0 saturated carbocycles. The lowest BCUT2D eigenvalue weighted by Crippen LogP contribution is -2.09. The van der Waals surface area contributed by atoms with Crippen LogP contribution < -0.4 is 11.5 Å². The molecule has 5 N–H and O–H groups in total. The van der Waals surface area contributed by atoms with Crippen molar-refractivity contribution in [3.05, 3.63) is 66.0 Å². The maximum Gasteiger partial charge on any atom is 0.212 e. The molecule has 0 unspecified atom stereocenters. The van der Waals surface area contributed by atoms with Crippen LogP contribution >= 0.6 is 0 Å². The van der Waals surface area contributed by atoms with Gasteiger partial charge in [-0.25, -0.2) is 9.97 Å². The molecule has 6 nitrogen and oxygen atoms in total. The third kappa shape index (κ3) is 2.98. The minimum Gasteiger partial charge on any atom is -0.397 e. The fourth-order valence-electron chi connectivity index (χ4n) is 2.10. The van der Waals surface area contributed by atoms with Crippen molar-refractivity contribution in [3.63, 3.8) is 0 Å². The first-order valence-corrected chi connectivity index (χ1v) is 6.74. The second kappa shape index (κ2) is 5.80. The van der Waals surface area contributed by atoms with E-state index in [4.69, 9.17) is 16.9 Å². The van der Waals surface area contributed by atoms with Crippen LogP contribution in [0.1, 0.15) is 11.3 Å². The first-order chi connectivity index (χ1) is 11.0. The van der Waals surface area contributed by atoms with Gasteiger partial charge in [0.2, 0.25) is 5.95 Å². The molecule has 0 atom stereocenters. The van der Waals surface area contributed by atoms with Crippen molar-refractivity contribution in [2.24, 2.45) is 0 Å². The van der Waals surface area contributed by atoms with Gasteiger partial charge in [-0.2, -0.15) is 4.39 Å². The Morgan fingerprint density at radius 1 is 1.04 bits per heavy atom. The second-order valence-corrected chi connectivity index (χ2v) is 4.85. The lowest BCUT2D eigenvalue weighted by atomic mass is 10.0. The summed E-state index contributed by atoms with van der Waals surface area (Å²) in [5.41, 5.74) is 14.1. The first-order valence-electron chi connectivity index (χ1n) is 6.74. The summed E-state index contributed by atoms with van der Waals surface area (Å²) < 4.78 is 12.9. The van der Waals surface area contributed by atoms with Crippen LogP contribution in [-0.4, -0.2) is 20.7 Å². The summed E-state index contributed by atoms with van der Waals surface area (Å²) in [5, 5.41) is 8.30. The molecule has 0 fully saturated rings. The Morgan fingerprint density at radius 2 is 1.87 bits per heavy atom. The molecule has 0 aliphatic rings. The van der Waals surface area contributed by atoms with E-state index in [2.05, 4.69) is 15.0 Å². The number of nitrogen functional groups attached to an aromatic ring is 2. The summed E-state index contributed by atoms with van der Waals surface area (Å²) in [4.78, 5) is 11.9. The minimum atomic E-state index is -0.568. The summed E-state index contributed by atoms with van der Waals surface area (Å²) in [6.45, 7) is 0. The Hall–Kier alpha value is -3.35. The number of hydrogen-bond donors (Lipinski definition) is 3. The highest BCUT2D eigenvalue weighted by Crippen LogP contribution is 2.22. The predicted octanol–water partition coefficient (Wildman–Crippen LogP) is 2.26. The highest BCUT2D eigenvalue weighted by Gasteiger charge is 2.13. The fraction of sp³-hybridized carbons (Fsp3) is 0. The van der Waals surface area contributed by atoms with Gasteiger partial charge in [0, 0.05) is 17.3 Å². The Morgan fingerprint density at radius 3 is 2.57 bits per heavy atom. The number of nitrogens with one attached hydrogen (secondary N) is 1. The van der Waals surface area contributed by atoms with Crippen molar-refractivity contribution in [1.82, 2.24) is 15.0 Å². The molecular weight excluding hydrogens is 295 g/mol. The van der Waals surface area contributed by atoms with Crippen LogP contribution in [0.2, 0.25) is 0 Å². The van der Waals surface area contributed by atoms with E-state index in [1.165, 1.54) is 18.5 Å². The van der Waals surface area contributed by atoms with E-state index in [9.17, 15) is 4.39 Å². The molecule has 3 heterocycles. The molecule has 0 aliphatic heterocycles. The van der Waals surface area contributed by atoms with Gasteiger partial charge in [0.25, 0.3) is 0 Å². The molecule has 3 aromatic heterocycles. The van der Waals surface area contributed by atoms with Crippen molar-refractivity contribution in [2.45, 2.75) is 0 Å². The van der Waals surface area contributed by atoms with Crippen molar-refractivity contribution in [3.8, 4) is 11.3 Å². The van der Waals surface area contributed by atoms with Gasteiger partial charge in [-0.05, 0) is 30.3 Å². The largest absolute Gasteiger partial charge is 0.397 e. The number of rotatable bonds is 3. The van der Waals surface area contributed by atoms with E-state index >= 15 is 0 Å². The van der Waals surface area contributed by atoms with Gasteiger partial charge >= 0.3 is 0 Å². The highest BCUT2D eigenvalue weighted by molar-refractivity contribution is 6.13. The zero-order valence-electron chi connectivity index (χ0n) is 12.0. The summed E-state index contributed by atoms with van der Waals surface area (Å²) in [6, 6.07) is 9.50. The molecule has 23 heavy (non-hydrogen) atoms. The minimum absolute atomic E-state index is 0.133. The SMILES string of the molecule is N=C(c1cccc(N)n1)c1cc(-c2ccc(F)nc2)ncc1N. The second-order valence-electron chi connectivity index (χ2n) is 4.85. The lowest BCUT2D eigenvalue weighted by molar-refractivity contribution is 0.584. The van der Waals surface area contributed by atoms with Gasteiger partial charge in [-0.15, -0.1) is 0 Å². The third-order valence-electron chi connectivity index (χ3n) is 3.25. The van der Waals surface area contributed by atoms with Crippen molar-refractivity contribution in [2.75, 3.05) is 11.5 Å². The lowest BCUT2D eigenvalue weighted by Gasteiger charge is -2.09. The topological polar surface area (TPSA) is 115 Å². The van der Waals surface area contributed by atoms with E-state index in [1.54, 1.807) is 30.3 Å². The average Bonchev–Trinajstić information content (AvgIpc) is 2.55. The summed E-state index contributed by atoms with van der Waals surface area (Å²) in [7, 11) is 0. The average molecular weight is 308 g/mol. The molecule has 0 amide bonds. The molecule has 0 saturated heterocycles.